The molecule has 13 heteroatoms. The molecule has 0 saturated heterocycles. The summed E-state index contributed by atoms with van der Waals surface area (Å²) in [7, 11) is 4.63. The van der Waals surface area contributed by atoms with Crippen LogP contribution in [0, 0.1) is 32.8 Å². The van der Waals surface area contributed by atoms with Gasteiger partial charge in [-0.15, -0.1) is 10.1 Å². The van der Waals surface area contributed by atoms with Gasteiger partial charge in [-0.1, -0.05) is 13.0 Å². The van der Waals surface area contributed by atoms with Crippen LogP contribution >= 0.6 is 11.8 Å². The van der Waals surface area contributed by atoms with Crippen LogP contribution < -0.4 is 24.3 Å². The van der Waals surface area contributed by atoms with E-state index in [1.165, 1.54) is 36.7 Å². The molecule has 0 spiro atoms. The molecule has 0 radical (unpaired) electrons. The van der Waals surface area contributed by atoms with E-state index in [4.69, 9.17) is 18.9 Å². The molecule has 3 aliphatic rings. The lowest BCUT2D eigenvalue weighted by Gasteiger charge is -2.50. The van der Waals surface area contributed by atoms with Crippen LogP contribution in [0.25, 0.3) is 0 Å². The Kier molecular flexibility index (Phi) is 11.2. The molecule has 2 fully saturated rings. The van der Waals surface area contributed by atoms with Crippen LogP contribution in [0.3, 0.4) is 0 Å². The number of hydrogen-bond acceptors (Lipinski definition) is 11. The van der Waals surface area contributed by atoms with E-state index < -0.39 is 35.0 Å². The molecule has 268 valence electrons. The zero-order valence-corrected chi connectivity index (χ0v) is 29.9. The second-order valence-electron chi connectivity index (χ2n) is 14.3. The number of esters is 1. The van der Waals surface area contributed by atoms with Gasteiger partial charge < -0.3 is 34.2 Å². The molecule has 2 N–H and O–H groups in total. The first-order valence-electron chi connectivity index (χ1n) is 16.8. The fraction of sp³-hybridized carbons (Fsp3) is 0.611. The SMILES string of the molecule is COc1cc(OC)c(CSCC(NC(=O)C(C)(C)CO[N+](=O)[O-])C(=O)Oc2ccc3c(c2)CC[C@@H]2[C@@H]3CC[C@]3(C)[C@@H](O)CC[C@@H]23)c(OC)c1. The second-order valence-corrected chi connectivity index (χ2v) is 15.3. The van der Waals surface area contributed by atoms with E-state index in [-0.39, 0.29) is 17.3 Å². The van der Waals surface area contributed by atoms with E-state index >= 15 is 0 Å². The molecule has 2 saturated carbocycles. The molecule has 49 heavy (non-hydrogen) atoms. The minimum atomic E-state index is -1.30. The number of nitrogens with zero attached hydrogens (tertiary/aromatic N) is 1. The maximum absolute atomic E-state index is 13.7. The number of carbonyl (C=O) groups is 2. The van der Waals surface area contributed by atoms with Crippen molar-refractivity contribution in [1.82, 2.24) is 5.32 Å². The number of thioether (sulfide) groups is 1. The van der Waals surface area contributed by atoms with Crippen molar-refractivity contribution >= 4 is 23.6 Å². The monoisotopic (exact) mass is 700 g/mol. The Labute approximate surface area is 291 Å². The summed E-state index contributed by atoms with van der Waals surface area (Å²) in [5.41, 5.74) is 1.92. The number of carbonyl (C=O) groups excluding carboxylic acids is 2. The van der Waals surface area contributed by atoms with Crippen molar-refractivity contribution in [2.45, 2.75) is 83.1 Å². The van der Waals surface area contributed by atoms with Crippen LogP contribution in [-0.4, -0.2) is 67.9 Å². The Bertz CT molecular complexity index is 1520. The molecule has 0 bridgehead atoms. The number of methoxy groups -OCH3 is 3. The van der Waals surface area contributed by atoms with E-state index in [1.54, 1.807) is 33.5 Å². The van der Waals surface area contributed by atoms with E-state index in [1.807, 2.05) is 12.1 Å². The molecule has 6 atom stereocenters. The van der Waals surface area contributed by atoms with Crippen molar-refractivity contribution in [1.29, 1.82) is 0 Å². The van der Waals surface area contributed by atoms with Crippen LogP contribution in [0.5, 0.6) is 23.0 Å². The van der Waals surface area contributed by atoms with E-state index in [9.17, 15) is 24.8 Å². The third-order valence-corrected chi connectivity index (χ3v) is 12.0. The number of ether oxygens (including phenoxy) is 4. The number of benzene rings is 2. The van der Waals surface area contributed by atoms with Gasteiger partial charge in [-0.2, -0.15) is 11.8 Å². The first kappa shape index (κ1) is 36.6. The summed E-state index contributed by atoms with van der Waals surface area (Å²) in [6.45, 7) is 4.79. The van der Waals surface area contributed by atoms with Crippen molar-refractivity contribution in [2.75, 3.05) is 33.7 Å². The van der Waals surface area contributed by atoms with Crippen molar-refractivity contribution in [2.24, 2.45) is 22.7 Å². The van der Waals surface area contributed by atoms with E-state index in [0.29, 0.717) is 46.5 Å². The molecular formula is C36H48N2O10S. The van der Waals surface area contributed by atoms with Crippen LogP contribution in [0.2, 0.25) is 0 Å². The number of fused-ring (bicyclic) bond motifs is 5. The fourth-order valence-electron chi connectivity index (χ4n) is 8.08. The number of nitrogens with one attached hydrogen (secondary N) is 1. The summed E-state index contributed by atoms with van der Waals surface area (Å²) >= 11 is 1.37. The zero-order valence-electron chi connectivity index (χ0n) is 29.1. The van der Waals surface area contributed by atoms with Gasteiger partial charge in [-0.3, -0.25) is 4.79 Å². The predicted octanol–water partition coefficient (Wildman–Crippen LogP) is 5.49. The Morgan fingerprint density at radius 1 is 1.06 bits per heavy atom. The molecule has 0 aromatic heterocycles. The summed E-state index contributed by atoms with van der Waals surface area (Å²) in [6.07, 6.45) is 5.68. The van der Waals surface area contributed by atoms with Crippen molar-refractivity contribution in [3.8, 4) is 23.0 Å². The van der Waals surface area contributed by atoms with Crippen LogP contribution in [0.4, 0.5) is 0 Å². The maximum atomic E-state index is 13.7. The lowest BCUT2D eigenvalue weighted by atomic mass is 9.55. The number of amides is 1. The summed E-state index contributed by atoms with van der Waals surface area (Å²) < 4.78 is 22.4. The quantitative estimate of drug-likeness (QED) is 0.111. The highest BCUT2D eigenvalue weighted by molar-refractivity contribution is 7.98. The molecule has 0 aliphatic heterocycles. The van der Waals surface area contributed by atoms with Crippen LogP contribution in [-0.2, 0) is 26.6 Å². The Hall–Kier alpha value is -3.71. The fourth-order valence-corrected chi connectivity index (χ4v) is 9.14. The summed E-state index contributed by atoms with van der Waals surface area (Å²) in [5, 5.41) is 23.4. The van der Waals surface area contributed by atoms with Gasteiger partial charge in [-0.05, 0) is 98.8 Å². The standard InChI is InChI=1S/C36H48N2O10S/c1-35(2,20-47-38(42)43)34(41)37-29(19-49-18-27-30(45-5)16-23(44-4)17-31(27)46-6)33(40)48-22-8-10-24-21(15-22)7-9-26-25(24)13-14-36(3)28(26)11-12-32(36)39/h8,10,15-17,25-26,28-29,32,39H,7,9,11-14,18-20H2,1-6H3,(H,37,41)/t25-,26-,28+,29?,32+,36+/m1/s1. The molecule has 0 heterocycles. The Morgan fingerprint density at radius 2 is 1.78 bits per heavy atom. The second kappa shape index (κ2) is 15.0. The highest BCUT2D eigenvalue weighted by atomic mass is 32.2. The largest absolute Gasteiger partial charge is 0.496 e. The average molecular weight is 701 g/mol. The molecule has 12 nitrogen and oxygen atoms in total. The molecule has 1 unspecified atom stereocenters. The first-order chi connectivity index (χ1) is 23.3. The molecule has 2 aromatic carbocycles. The minimum absolute atomic E-state index is 0.000714. The van der Waals surface area contributed by atoms with Gasteiger partial charge >= 0.3 is 5.97 Å². The third kappa shape index (κ3) is 7.72. The van der Waals surface area contributed by atoms with Gasteiger partial charge in [0, 0.05) is 29.2 Å². The number of aliphatic hydroxyl groups excluding tert-OH is 1. The molecule has 1 amide bonds. The summed E-state index contributed by atoms with van der Waals surface area (Å²) in [5.74, 6) is 2.82. The topological polar surface area (TPSA) is 156 Å². The normalized spacial score (nSPS) is 24.8. The van der Waals surface area contributed by atoms with Gasteiger partial charge in [0.05, 0.1) is 32.8 Å². The van der Waals surface area contributed by atoms with Gasteiger partial charge in [-0.25, -0.2) is 4.79 Å². The molecular weight excluding hydrogens is 652 g/mol. The highest BCUT2D eigenvalue weighted by Gasteiger charge is 2.54. The van der Waals surface area contributed by atoms with Crippen LogP contribution in [0.15, 0.2) is 30.3 Å². The predicted molar refractivity (Wildman–Crippen MR) is 184 cm³/mol. The zero-order chi connectivity index (χ0) is 35.5. The maximum Gasteiger partial charge on any atom is 0.334 e. The minimum Gasteiger partial charge on any atom is -0.496 e. The van der Waals surface area contributed by atoms with Gasteiger partial charge in [0.25, 0.3) is 5.09 Å². The Morgan fingerprint density at radius 3 is 2.43 bits per heavy atom. The molecule has 5 rings (SSSR count). The molecule has 3 aliphatic carbocycles. The lowest BCUT2D eigenvalue weighted by molar-refractivity contribution is -0.760. The number of aryl methyl sites for hydroxylation is 1. The van der Waals surface area contributed by atoms with Gasteiger partial charge in [0.1, 0.15) is 35.6 Å². The van der Waals surface area contributed by atoms with E-state index in [2.05, 4.69) is 23.1 Å². The number of rotatable bonds is 14. The average Bonchev–Trinajstić information content (AvgIpc) is 3.39. The summed E-state index contributed by atoms with van der Waals surface area (Å²) in [4.78, 5) is 42.3. The van der Waals surface area contributed by atoms with E-state index in [0.717, 1.165) is 44.1 Å². The van der Waals surface area contributed by atoms with Gasteiger partial charge in [0.15, 0.2) is 0 Å². The number of hydrogen-bond donors (Lipinski definition) is 2. The van der Waals surface area contributed by atoms with Crippen molar-refractivity contribution in [3.05, 3.63) is 57.1 Å². The van der Waals surface area contributed by atoms with Crippen molar-refractivity contribution < 1.29 is 43.6 Å². The molecule has 2 aromatic rings. The number of aliphatic hydroxyl groups is 1. The van der Waals surface area contributed by atoms with Crippen molar-refractivity contribution in [3.63, 3.8) is 0 Å². The van der Waals surface area contributed by atoms with Crippen LogP contribution in [0.1, 0.15) is 75.5 Å². The van der Waals surface area contributed by atoms with Gasteiger partial charge in [0.2, 0.25) is 5.91 Å². The Balaban J connectivity index is 1.31. The third-order valence-electron chi connectivity index (χ3n) is 10.9. The lowest BCUT2D eigenvalue weighted by Crippen LogP contribution is -2.50. The summed E-state index contributed by atoms with van der Waals surface area (Å²) in [6, 6.07) is 8.24. The highest BCUT2D eigenvalue weighted by Crippen LogP contribution is 2.61. The first-order valence-corrected chi connectivity index (χ1v) is 17.9. The smallest absolute Gasteiger partial charge is 0.334 e.